The van der Waals surface area contributed by atoms with Crippen molar-refractivity contribution in [3.05, 3.63) is 42.7 Å². The van der Waals surface area contributed by atoms with Gasteiger partial charge in [0.05, 0.1) is 0 Å². The van der Waals surface area contributed by atoms with Crippen LogP contribution in [0.5, 0.6) is 0 Å². The quantitative estimate of drug-likeness (QED) is 0.927. The summed E-state index contributed by atoms with van der Waals surface area (Å²) in [5.41, 5.74) is 5.94. The first-order chi connectivity index (χ1) is 9.04. The fraction of sp³-hybridized carbons (Fsp3) is 0.308. The maximum Gasteiger partial charge on any atom is 0.409 e. The number of halogens is 3. The Morgan fingerprint density at radius 1 is 1.21 bits per heavy atom. The van der Waals surface area contributed by atoms with Crippen LogP contribution in [-0.2, 0) is 0 Å². The number of benzene rings is 1. The molecule has 2 N–H and O–H groups in total. The Morgan fingerprint density at radius 2 is 1.89 bits per heavy atom. The van der Waals surface area contributed by atoms with E-state index in [2.05, 4.69) is 4.98 Å². The first kappa shape index (κ1) is 13.6. The van der Waals surface area contributed by atoms with Gasteiger partial charge in [0.1, 0.15) is 11.9 Å². The van der Waals surface area contributed by atoms with Crippen LogP contribution in [0.3, 0.4) is 0 Å². The Bertz CT molecular complexity index is 519. The van der Waals surface area contributed by atoms with E-state index in [0.29, 0.717) is 11.4 Å². The van der Waals surface area contributed by atoms with Gasteiger partial charge in [-0.05, 0) is 13.0 Å². The summed E-state index contributed by atoms with van der Waals surface area (Å²) in [4.78, 5) is 4.03. The molecule has 0 aliphatic rings. The Kier molecular flexibility index (Phi) is 3.90. The molecule has 1 heterocycles. The summed E-state index contributed by atoms with van der Waals surface area (Å²) in [5.74, 6) is 0.302. The Morgan fingerprint density at radius 3 is 2.47 bits per heavy atom. The number of aromatic nitrogens is 2. The molecule has 0 spiro atoms. The number of nitrogens with two attached hydrogens (primary N) is 1. The highest BCUT2D eigenvalue weighted by atomic mass is 19.4. The van der Waals surface area contributed by atoms with E-state index in [1.165, 1.54) is 12.4 Å². The summed E-state index contributed by atoms with van der Waals surface area (Å²) < 4.78 is 40.3. The van der Waals surface area contributed by atoms with Gasteiger partial charge in [0.2, 0.25) is 0 Å². The molecule has 0 aliphatic carbocycles. The van der Waals surface area contributed by atoms with Crippen LogP contribution in [0.4, 0.5) is 13.2 Å². The zero-order valence-corrected chi connectivity index (χ0v) is 10.1. The Hall–Kier alpha value is -1.82. The maximum absolute atomic E-state index is 13.1. The molecule has 102 valence electrons. The largest absolute Gasteiger partial charge is 0.409 e. The fourth-order valence-corrected chi connectivity index (χ4v) is 1.99. The molecule has 0 radical (unpaired) electrons. The second kappa shape index (κ2) is 5.44. The molecule has 6 heteroatoms. The lowest BCUT2D eigenvalue weighted by Gasteiger charge is -2.23. The molecular weight excluding hydrogens is 255 g/mol. The van der Waals surface area contributed by atoms with E-state index in [4.69, 9.17) is 5.73 Å². The van der Waals surface area contributed by atoms with Gasteiger partial charge in [-0.15, -0.1) is 0 Å². The molecule has 0 saturated heterocycles. The van der Waals surface area contributed by atoms with Crippen LogP contribution < -0.4 is 5.73 Å². The highest BCUT2D eigenvalue weighted by molar-refractivity contribution is 5.55. The van der Waals surface area contributed by atoms with Gasteiger partial charge in [0, 0.05) is 18.0 Å². The first-order valence-electron chi connectivity index (χ1n) is 5.89. The average molecular weight is 269 g/mol. The lowest BCUT2D eigenvalue weighted by atomic mass is 10.1. The summed E-state index contributed by atoms with van der Waals surface area (Å²) in [5, 5.41) is 0. The summed E-state index contributed by atoms with van der Waals surface area (Å²) in [7, 11) is 0. The van der Waals surface area contributed by atoms with Crippen LogP contribution >= 0.6 is 0 Å². The zero-order valence-electron chi connectivity index (χ0n) is 10.1. The van der Waals surface area contributed by atoms with Crippen LogP contribution in [0.15, 0.2) is 42.7 Å². The summed E-state index contributed by atoms with van der Waals surface area (Å²) in [6, 6.07) is 7.15. The van der Waals surface area contributed by atoms with E-state index in [1.807, 2.05) is 0 Å². The van der Waals surface area contributed by atoms with Crippen LogP contribution in [0.25, 0.3) is 11.4 Å². The van der Waals surface area contributed by atoms with Gasteiger partial charge >= 0.3 is 6.18 Å². The molecule has 1 aromatic carbocycles. The predicted octanol–water partition coefficient (Wildman–Crippen LogP) is 3.00. The van der Waals surface area contributed by atoms with Crippen molar-refractivity contribution < 1.29 is 13.2 Å². The van der Waals surface area contributed by atoms with E-state index in [-0.39, 0.29) is 13.0 Å². The van der Waals surface area contributed by atoms with Crippen LogP contribution in [-0.4, -0.2) is 22.3 Å². The molecule has 0 amide bonds. The van der Waals surface area contributed by atoms with Gasteiger partial charge in [0.15, 0.2) is 0 Å². The van der Waals surface area contributed by atoms with Gasteiger partial charge in [-0.25, -0.2) is 4.98 Å². The van der Waals surface area contributed by atoms with Crippen molar-refractivity contribution in [1.82, 2.24) is 9.55 Å². The zero-order chi connectivity index (χ0) is 13.9. The number of nitrogens with zero attached hydrogens (tertiary/aromatic N) is 2. The standard InChI is InChI=1S/C13H14F3N3/c14-13(15,16)11(6-7-17)19-9-8-18-12(19)10-4-2-1-3-5-10/h1-5,8-9,11H,6-7,17H2. The van der Waals surface area contributed by atoms with Crippen LogP contribution in [0, 0.1) is 0 Å². The van der Waals surface area contributed by atoms with Crippen molar-refractivity contribution in [2.24, 2.45) is 5.73 Å². The van der Waals surface area contributed by atoms with Gasteiger partial charge in [-0.3, -0.25) is 0 Å². The third-order valence-electron chi connectivity index (χ3n) is 2.85. The SMILES string of the molecule is NCCC(n1ccnc1-c1ccccc1)C(F)(F)F. The average Bonchev–Trinajstić information content (AvgIpc) is 2.84. The number of hydrogen-bond acceptors (Lipinski definition) is 2. The van der Waals surface area contributed by atoms with Gasteiger partial charge in [-0.1, -0.05) is 30.3 Å². The van der Waals surface area contributed by atoms with Crippen molar-refractivity contribution in [3.8, 4) is 11.4 Å². The third-order valence-corrected chi connectivity index (χ3v) is 2.85. The monoisotopic (exact) mass is 269 g/mol. The molecule has 0 saturated carbocycles. The molecule has 2 rings (SSSR count). The minimum atomic E-state index is -4.34. The summed E-state index contributed by atoms with van der Waals surface area (Å²) >= 11 is 0. The van der Waals surface area contributed by atoms with Crippen molar-refractivity contribution >= 4 is 0 Å². The topological polar surface area (TPSA) is 43.8 Å². The molecule has 19 heavy (non-hydrogen) atoms. The minimum Gasteiger partial charge on any atom is -0.330 e. The van der Waals surface area contributed by atoms with Crippen molar-refractivity contribution in [3.63, 3.8) is 0 Å². The molecule has 1 atom stereocenters. The third kappa shape index (κ3) is 2.96. The number of imidazole rings is 1. The smallest absolute Gasteiger partial charge is 0.330 e. The molecule has 0 bridgehead atoms. The first-order valence-corrected chi connectivity index (χ1v) is 5.89. The predicted molar refractivity (Wildman–Crippen MR) is 66.4 cm³/mol. The Labute approximate surface area is 108 Å². The van der Waals surface area contributed by atoms with E-state index in [1.54, 1.807) is 30.3 Å². The van der Waals surface area contributed by atoms with E-state index < -0.39 is 12.2 Å². The van der Waals surface area contributed by atoms with Gasteiger partial charge < -0.3 is 10.3 Å². The number of alkyl halides is 3. The molecule has 0 aliphatic heterocycles. The van der Waals surface area contributed by atoms with Crippen molar-refractivity contribution in [2.75, 3.05) is 6.54 Å². The number of rotatable bonds is 4. The van der Waals surface area contributed by atoms with Crippen molar-refractivity contribution in [2.45, 2.75) is 18.6 Å². The maximum atomic E-state index is 13.1. The van der Waals surface area contributed by atoms with Gasteiger partial charge in [0.25, 0.3) is 0 Å². The molecule has 2 aromatic rings. The van der Waals surface area contributed by atoms with Crippen molar-refractivity contribution in [1.29, 1.82) is 0 Å². The van der Waals surface area contributed by atoms with E-state index in [0.717, 1.165) is 4.57 Å². The number of hydrogen-bond donors (Lipinski definition) is 1. The lowest BCUT2D eigenvalue weighted by Crippen LogP contribution is -2.29. The molecule has 0 fully saturated rings. The molecule has 1 aromatic heterocycles. The van der Waals surface area contributed by atoms with Crippen LogP contribution in [0.1, 0.15) is 12.5 Å². The molecular formula is C13H14F3N3. The minimum absolute atomic E-state index is 0.0312. The van der Waals surface area contributed by atoms with E-state index >= 15 is 0 Å². The fourth-order valence-electron chi connectivity index (χ4n) is 1.99. The van der Waals surface area contributed by atoms with Gasteiger partial charge in [-0.2, -0.15) is 13.2 Å². The van der Waals surface area contributed by atoms with Crippen LogP contribution in [0.2, 0.25) is 0 Å². The highest BCUT2D eigenvalue weighted by Crippen LogP contribution is 2.35. The highest BCUT2D eigenvalue weighted by Gasteiger charge is 2.41. The summed E-state index contributed by atoms with van der Waals surface area (Å²) in [6.07, 6.45) is -1.79. The molecule has 1 unspecified atom stereocenters. The Balaban J connectivity index is 2.43. The van der Waals surface area contributed by atoms with E-state index in [9.17, 15) is 13.2 Å². The lowest BCUT2D eigenvalue weighted by molar-refractivity contribution is -0.168. The summed E-state index contributed by atoms with van der Waals surface area (Å²) in [6.45, 7) is -0.0312. The second-order valence-electron chi connectivity index (χ2n) is 4.16. The molecule has 3 nitrogen and oxygen atoms in total. The normalized spacial score (nSPS) is 13.5. The second-order valence-corrected chi connectivity index (χ2v) is 4.16.